The van der Waals surface area contributed by atoms with Gasteiger partial charge in [-0.25, -0.2) is 0 Å². The molecule has 0 radical (unpaired) electrons. The number of hydrogen-bond acceptors (Lipinski definition) is 3. The molecule has 1 fully saturated rings. The second kappa shape index (κ2) is 8.00. The first kappa shape index (κ1) is 19.2. The van der Waals surface area contributed by atoms with Crippen LogP contribution in [0.3, 0.4) is 0 Å². The second-order valence-electron chi connectivity index (χ2n) is 6.50. The second-order valence-corrected chi connectivity index (χ2v) is 6.50. The minimum atomic E-state index is -4.75. The quantitative estimate of drug-likeness (QED) is 0.749. The molecule has 2 N–H and O–H groups in total. The summed E-state index contributed by atoms with van der Waals surface area (Å²) in [6, 6.07) is 13.5. The molecule has 4 nitrogen and oxygen atoms in total. The molecular formula is C20H21F3N2O2. The molecule has 1 amide bonds. The molecule has 2 aromatic rings. The third kappa shape index (κ3) is 5.23. The van der Waals surface area contributed by atoms with Crippen LogP contribution in [0.1, 0.15) is 30.4 Å². The number of carbonyl (C=O) groups excluding carboxylic acids is 1. The van der Waals surface area contributed by atoms with Crippen molar-refractivity contribution < 1.29 is 22.7 Å². The van der Waals surface area contributed by atoms with Gasteiger partial charge < -0.3 is 15.4 Å². The number of nitrogens with one attached hydrogen (secondary N) is 2. The molecular weight excluding hydrogens is 357 g/mol. The minimum Gasteiger partial charge on any atom is -0.405 e. The number of anilines is 1. The van der Waals surface area contributed by atoms with E-state index in [1.165, 1.54) is 12.1 Å². The highest BCUT2D eigenvalue weighted by Crippen LogP contribution is 2.51. The van der Waals surface area contributed by atoms with Gasteiger partial charge >= 0.3 is 6.36 Å². The van der Waals surface area contributed by atoms with E-state index in [0.29, 0.717) is 24.2 Å². The van der Waals surface area contributed by atoms with E-state index in [1.807, 2.05) is 25.1 Å². The van der Waals surface area contributed by atoms with Crippen molar-refractivity contribution in [2.75, 3.05) is 11.9 Å². The first-order valence-electron chi connectivity index (χ1n) is 8.82. The van der Waals surface area contributed by atoms with E-state index in [9.17, 15) is 18.0 Å². The van der Waals surface area contributed by atoms with Gasteiger partial charge in [0.1, 0.15) is 5.75 Å². The largest absolute Gasteiger partial charge is 0.573 e. The standard InChI is InChI=1S/C20H21F3N2O2/c1-2-24-12-13-6-5-7-14(10-13)25-19(26)17-11-16(17)15-8-3-4-9-18(15)27-20(21,22)23/h3-10,16-17,24H,2,11-12H2,1H3,(H,25,26). The van der Waals surface area contributed by atoms with Crippen LogP contribution < -0.4 is 15.4 Å². The highest BCUT2D eigenvalue weighted by atomic mass is 19.4. The lowest BCUT2D eigenvalue weighted by molar-refractivity contribution is -0.274. The fraction of sp³-hybridized carbons (Fsp3) is 0.350. The van der Waals surface area contributed by atoms with Crippen LogP contribution in [-0.4, -0.2) is 18.8 Å². The van der Waals surface area contributed by atoms with Crippen LogP contribution in [0.25, 0.3) is 0 Å². The zero-order chi connectivity index (χ0) is 19.4. The lowest BCUT2D eigenvalue weighted by Crippen LogP contribution is -2.18. The molecule has 3 rings (SSSR count). The van der Waals surface area contributed by atoms with Gasteiger partial charge in [-0.2, -0.15) is 0 Å². The number of para-hydroxylation sites is 1. The molecule has 1 saturated carbocycles. The normalized spacial score (nSPS) is 18.8. The highest BCUT2D eigenvalue weighted by Gasteiger charge is 2.46. The van der Waals surface area contributed by atoms with E-state index in [0.717, 1.165) is 12.1 Å². The summed E-state index contributed by atoms with van der Waals surface area (Å²) in [6.07, 6.45) is -4.25. The Hall–Kier alpha value is -2.54. The molecule has 2 unspecified atom stereocenters. The van der Waals surface area contributed by atoms with Crippen molar-refractivity contribution in [1.29, 1.82) is 0 Å². The van der Waals surface area contributed by atoms with Crippen LogP contribution in [0.4, 0.5) is 18.9 Å². The van der Waals surface area contributed by atoms with Gasteiger partial charge in [0.15, 0.2) is 0 Å². The number of alkyl halides is 3. The Morgan fingerprint density at radius 2 is 1.96 bits per heavy atom. The number of benzene rings is 2. The lowest BCUT2D eigenvalue weighted by Gasteiger charge is -2.13. The van der Waals surface area contributed by atoms with Crippen molar-refractivity contribution in [3.63, 3.8) is 0 Å². The van der Waals surface area contributed by atoms with E-state index >= 15 is 0 Å². The molecule has 0 aliphatic heterocycles. The number of rotatable bonds is 7. The zero-order valence-electron chi connectivity index (χ0n) is 14.8. The van der Waals surface area contributed by atoms with Crippen LogP contribution in [0.15, 0.2) is 48.5 Å². The van der Waals surface area contributed by atoms with Crippen LogP contribution >= 0.6 is 0 Å². The van der Waals surface area contributed by atoms with Crippen molar-refractivity contribution in [2.45, 2.75) is 32.2 Å². The predicted octanol–water partition coefficient (Wildman–Crippen LogP) is 4.44. The van der Waals surface area contributed by atoms with Gasteiger partial charge in [0, 0.05) is 18.2 Å². The van der Waals surface area contributed by atoms with Gasteiger partial charge in [-0.3, -0.25) is 4.79 Å². The zero-order valence-corrected chi connectivity index (χ0v) is 14.8. The van der Waals surface area contributed by atoms with E-state index in [-0.39, 0.29) is 23.5 Å². The summed E-state index contributed by atoms with van der Waals surface area (Å²) in [6.45, 7) is 3.56. The molecule has 2 aromatic carbocycles. The van der Waals surface area contributed by atoms with Gasteiger partial charge in [0.25, 0.3) is 0 Å². The SMILES string of the molecule is CCNCc1cccc(NC(=O)C2CC2c2ccccc2OC(F)(F)F)c1. The molecule has 7 heteroatoms. The fourth-order valence-electron chi connectivity index (χ4n) is 3.10. The molecule has 1 aliphatic rings. The summed E-state index contributed by atoms with van der Waals surface area (Å²) in [5.41, 5.74) is 2.14. The summed E-state index contributed by atoms with van der Waals surface area (Å²) < 4.78 is 41.8. The third-order valence-corrected chi connectivity index (χ3v) is 4.45. The van der Waals surface area contributed by atoms with E-state index in [4.69, 9.17) is 0 Å². The van der Waals surface area contributed by atoms with Crippen molar-refractivity contribution in [3.05, 3.63) is 59.7 Å². The van der Waals surface area contributed by atoms with Gasteiger partial charge in [-0.05, 0) is 48.2 Å². The van der Waals surface area contributed by atoms with Crippen LogP contribution in [-0.2, 0) is 11.3 Å². The highest BCUT2D eigenvalue weighted by molar-refractivity contribution is 5.95. The van der Waals surface area contributed by atoms with Crippen LogP contribution in [0.5, 0.6) is 5.75 Å². The maximum absolute atomic E-state index is 12.6. The third-order valence-electron chi connectivity index (χ3n) is 4.45. The summed E-state index contributed by atoms with van der Waals surface area (Å²) in [7, 11) is 0. The number of amides is 1. The Morgan fingerprint density at radius 3 is 2.70 bits per heavy atom. The smallest absolute Gasteiger partial charge is 0.405 e. The Kier molecular flexibility index (Phi) is 5.70. The first-order chi connectivity index (χ1) is 12.9. The molecule has 27 heavy (non-hydrogen) atoms. The number of ether oxygens (including phenoxy) is 1. The molecule has 0 heterocycles. The molecule has 0 spiro atoms. The Bertz CT molecular complexity index is 808. The van der Waals surface area contributed by atoms with Crippen molar-refractivity contribution in [3.8, 4) is 5.75 Å². The van der Waals surface area contributed by atoms with Crippen molar-refractivity contribution >= 4 is 11.6 Å². The fourth-order valence-corrected chi connectivity index (χ4v) is 3.10. The predicted molar refractivity (Wildman–Crippen MR) is 96.4 cm³/mol. The van der Waals surface area contributed by atoms with Crippen LogP contribution in [0, 0.1) is 5.92 Å². The number of halogens is 3. The van der Waals surface area contributed by atoms with E-state index in [1.54, 1.807) is 18.2 Å². The average molecular weight is 378 g/mol. The Morgan fingerprint density at radius 1 is 1.19 bits per heavy atom. The molecule has 0 bridgehead atoms. The van der Waals surface area contributed by atoms with E-state index < -0.39 is 6.36 Å². The van der Waals surface area contributed by atoms with Gasteiger partial charge in [0.05, 0.1) is 0 Å². The van der Waals surface area contributed by atoms with Gasteiger partial charge in [-0.15, -0.1) is 13.2 Å². The number of hydrogen-bond donors (Lipinski definition) is 2. The topological polar surface area (TPSA) is 50.4 Å². The monoisotopic (exact) mass is 378 g/mol. The lowest BCUT2D eigenvalue weighted by atomic mass is 10.1. The molecule has 1 aliphatic carbocycles. The summed E-state index contributed by atoms with van der Waals surface area (Å²) >= 11 is 0. The molecule has 0 saturated heterocycles. The molecule has 2 atom stereocenters. The van der Waals surface area contributed by atoms with Crippen molar-refractivity contribution in [1.82, 2.24) is 5.32 Å². The van der Waals surface area contributed by atoms with E-state index in [2.05, 4.69) is 15.4 Å². The minimum absolute atomic E-state index is 0.192. The maximum Gasteiger partial charge on any atom is 0.573 e. The Balaban J connectivity index is 1.65. The van der Waals surface area contributed by atoms with Gasteiger partial charge in [-0.1, -0.05) is 37.3 Å². The summed E-state index contributed by atoms with van der Waals surface area (Å²) in [5, 5.41) is 6.07. The van der Waals surface area contributed by atoms with Crippen LogP contribution in [0.2, 0.25) is 0 Å². The first-order valence-corrected chi connectivity index (χ1v) is 8.82. The molecule has 144 valence electrons. The maximum atomic E-state index is 12.6. The summed E-state index contributed by atoms with van der Waals surface area (Å²) in [5.74, 6) is -1.06. The Labute approximate surface area is 155 Å². The summed E-state index contributed by atoms with van der Waals surface area (Å²) in [4.78, 5) is 12.5. The van der Waals surface area contributed by atoms with Crippen molar-refractivity contribution in [2.24, 2.45) is 5.92 Å². The number of carbonyl (C=O) groups is 1. The van der Waals surface area contributed by atoms with Gasteiger partial charge in [0.2, 0.25) is 5.91 Å². The average Bonchev–Trinajstić information content (AvgIpc) is 3.40. The molecule has 0 aromatic heterocycles.